The fraction of sp³-hybridized carbons (Fsp3) is 0.364. The maximum absolute atomic E-state index is 12.4. The maximum atomic E-state index is 12.4. The summed E-state index contributed by atoms with van der Waals surface area (Å²) in [4.78, 5) is 19.9. The second-order valence-corrected chi connectivity index (χ2v) is 9.64. The highest BCUT2D eigenvalue weighted by Gasteiger charge is 2.23. The summed E-state index contributed by atoms with van der Waals surface area (Å²) in [7, 11) is 0. The molecule has 1 aromatic carbocycles. The standard InChI is InChI=1S/C22H23N5OS2/c1-3-17-24-21-19(15-6-4-5-7-16(15)30-21)20-25-26-22(27(17)20)29-12-18(28)23-14-10-8-13(2)9-11-14/h8-11H,3-7,12H2,1-2H3,(H,23,28). The second-order valence-electron chi connectivity index (χ2n) is 7.62. The van der Waals surface area contributed by atoms with Gasteiger partial charge in [0.05, 0.1) is 11.1 Å². The number of rotatable bonds is 5. The molecule has 0 saturated carbocycles. The highest BCUT2D eigenvalue weighted by Crippen LogP contribution is 2.38. The molecule has 0 aliphatic heterocycles. The number of nitrogens with zero attached hydrogens (tertiary/aromatic N) is 4. The highest BCUT2D eigenvalue weighted by atomic mass is 32.2. The molecule has 1 aliphatic carbocycles. The average molecular weight is 438 g/mol. The Labute approximate surface area is 183 Å². The van der Waals surface area contributed by atoms with E-state index in [-0.39, 0.29) is 11.7 Å². The van der Waals surface area contributed by atoms with Crippen molar-refractivity contribution in [2.75, 3.05) is 11.1 Å². The molecule has 1 N–H and O–H groups in total. The third-order valence-electron chi connectivity index (χ3n) is 5.48. The lowest BCUT2D eigenvalue weighted by atomic mass is 9.97. The highest BCUT2D eigenvalue weighted by molar-refractivity contribution is 7.99. The molecule has 0 radical (unpaired) electrons. The van der Waals surface area contributed by atoms with Crippen LogP contribution in [0.25, 0.3) is 15.9 Å². The van der Waals surface area contributed by atoms with Crippen LogP contribution in [0.3, 0.4) is 0 Å². The average Bonchev–Trinajstić information content (AvgIpc) is 3.34. The molecule has 1 amide bonds. The third kappa shape index (κ3) is 3.48. The normalized spacial score (nSPS) is 13.7. The van der Waals surface area contributed by atoms with E-state index in [9.17, 15) is 4.79 Å². The van der Waals surface area contributed by atoms with Gasteiger partial charge in [-0.25, -0.2) is 4.98 Å². The van der Waals surface area contributed by atoms with E-state index in [1.807, 2.05) is 46.9 Å². The quantitative estimate of drug-likeness (QED) is 0.453. The number of fused-ring (bicyclic) bond motifs is 5. The van der Waals surface area contributed by atoms with Crippen molar-refractivity contribution in [1.82, 2.24) is 19.6 Å². The summed E-state index contributed by atoms with van der Waals surface area (Å²) < 4.78 is 2.05. The number of thioether (sulfide) groups is 1. The van der Waals surface area contributed by atoms with E-state index < -0.39 is 0 Å². The van der Waals surface area contributed by atoms with E-state index in [2.05, 4.69) is 22.4 Å². The molecule has 154 valence electrons. The maximum Gasteiger partial charge on any atom is 0.234 e. The van der Waals surface area contributed by atoms with Gasteiger partial charge in [-0.3, -0.25) is 9.20 Å². The minimum absolute atomic E-state index is 0.0550. The molecule has 0 saturated heterocycles. The van der Waals surface area contributed by atoms with Crippen LogP contribution in [0, 0.1) is 6.92 Å². The van der Waals surface area contributed by atoms with Gasteiger partial charge in [0.15, 0.2) is 10.8 Å². The number of anilines is 1. The molecule has 6 nitrogen and oxygen atoms in total. The van der Waals surface area contributed by atoms with Gasteiger partial charge in [-0.2, -0.15) is 0 Å². The number of nitrogens with one attached hydrogen (secondary N) is 1. The number of carbonyl (C=O) groups is 1. The first-order valence-corrected chi connectivity index (χ1v) is 12.1. The largest absolute Gasteiger partial charge is 0.325 e. The Hall–Kier alpha value is -2.45. The molecule has 8 heteroatoms. The van der Waals surface area contributed by atoms with Crippen molar-refractivity contribution < 1.29 is 4.79 Å². The Balaban J connectivity index is 1.44. The zero-order chi connectivity index (χ0) is 20.7. The summed E-state index contributed by atoms with van der Waals surface area (Å²) in [5.41, 5.74) is 4.26. The van der Waals surface area contributed by atoms with Gasteiger partial charge in [-0.05, 0) is 50.3 Å². The number of benzene rings is 1. The first-order valence-electron chi connectivity index (χ1n) is 10.3. The van der Waals surface area contributed by atoms with Crippen molar-refractivity contribution in [2.24, 2.45) is 0 Å². The van der Waals surface area contributed by atoms with Gasteiger partial charge in [0.25, 0.3) is 0 Å². The minimum Gasteiger partial charge on any atom is -0.325 e. The lowest BCUT2D eigenvalue weighted by Crippen LogP contribution is -2.14. The van der Waals surface area contributed by atoms with Crippen LogP contribution >= 0.6 is 23.1 Å². The number of thiophene rings is 1. The monoisotopic (exact) mass is 437 g/mol. The second kappa shape index (κ2) is 8.00. The molecule has 3 aromatic heterocycles. The van der Waals surface area contributed by atoms with Crippen molar-refractivity contribution in [3.63, 3.8) is 0 Å². The smallest absolute Gasteiger partial charge is 0.234 e. The number of carbonyl (C=O) groups excluding carboxylic acids is 1. The van der Waals surface area contributed by atoms with Crippen LogP contribution in [0.4, 0.5) is 5.69 Å². The van der Waals surface area contributed by atoms with Gasteiger partial charge in [0.2, 0.25) is 5.91 Å². The van der Waals surface area contributed by atoms with Crippen molar-refractivity contribution in [3.05, 3.63) is 46.1 Å². The van der Waals surface area contributed by atoms with E-state index in [0.717, 1.165) is 51.8 Å². The van der Waals surface area contributed by atoms with Gasteiger partial charge < -0.3 is 5.32 Å². The molecular weight excluding hydrogens is 414 g/mol. The zero-order valence-electron chi connectivity index (χ0n) is 17.1. The molecule has 0 bridgehead atoms. The molecule has 4 aromatic rings. The van der Waals surface area contributed by atoms with Crippen LogP contribution in [-0.2, 0) is 24.1 Å². The van der Waals surface area contributed by atoms with E-state index in [0.29, 0.717) is 0 Å². The SMILES string of the molecule is CCc1nc2sc3c(c2c2nnc(SCC(=O)Nc4ccc(C)cc4)n12)CCCC3. The molecule has 30 heavy (non-hydrogen) atoms. The molecule has 0 atom stereocenters. The molecule has 5 rings (SSSR count). The Kier molecular flexibility index (Phi) is 5.20. The van der Waals surface area contributed by atoms with Crippen molar-refractivity contribution >= 4 is 50.6 Å². The number of hydrogen-bond donors (Lipinski definition) is 1. The fourth-order valence-corrected chi connectivity index (χ4v) is 6.01. The van der Waals surface area contributed by atoms with Crippen LogP contribution in [0.15, 0.2) is 29.4 Å². The number of aryl methyl sites for hydroxylation is 4. The van der Waals surface area contributed by atoms with Crippen LogP contribution in [0.5, 0.6) is 0 Å². The van der Waals surface area contributed by atoms with E-state index in [1.54, 1.807) is 0 Å². The van der Waals surface area contributed by atoms with Gasteiger partial charge in [0.1, 0.15) is 10.7 Å². The first kappa shape index (κ1) is 19.5. The lowest BCUT2D eigenvalue weighted by Gasteiger charge is -2.11. The van der Waals surface area contributed by atoms with Crippen molar-refractivity contribution in [1.29, 1.82) is 0 Å². The van der Waals surface area contributed by atoms with E-state index in [4.69, 9.17) is 4.98 Å². The van der Waals surface area contributed by atoms with Crippen LogP contribution in [0.2, 0.25) is 0 Å². The Morgan fingerprint density at radius 3 is 2.80 bits per heavy atom. The summed E-state index contributed by atoms with van der Waals surface area (Å²) >= 11 is 3.22. The summed E-state index contributed by atoms with van der Waals surface area (Å²) in [6, 6.07) is 7.81. The Morgan fingerprint density at radius 2 is 2.00 bits per heavy atom. The van der Waals surface area contributed by atoms with Crippen LogP contribution < -0.4 is 5.32 Å². The molecule has 0 fully saturated rings. The summed E-state index contributed by atoms with van der Waals surface area (Å²) in [5, 5.41) is 13.8. The van der Waals surface area contributed by atoms with Gasteiger partial charge >= 0.3 is 0 Å². The summed E-state index contributed by atoms with van der Waals surface area (Å²) in [6.07, 6.45) is 5.48. The third-order valence-corrected chi connectivity index (χ3v) is 7.60. The molecule has 1 aliphatic rings. The zero-order valence-corrected chi connectivity index (χ0v) is 18.7. The Morgan fingerprint density at radius 1 is 1.20 bits per heavy atom. The van der Waals surface area contributed by atoms with Crippen LogP contribution in [0.1, 0.15) is 41.6 Å². The molecular formula is C22H23N5OS2. The van der Waals surface area contributed by atoms with Crippen molar-refractivity contribution in [2.45, 2.75) is 51.1 Å². The molecule has 0 spiro atoms. The first-order chi connectivity index (χ1) is 14.6. The summed E-state index contributed by atoms with van der Waals surface area (Å²) in [6.45, 7) is 4.12. The topological polar surface area (TPSA) is 72.2 Å². The van der Waals surface area contributed by atoms with Crippen LogP contribution in [-0.4, -0.2) is 31.2 Å². The van der Waals surface area contributed by atoms with E-state index >= 15 is 0 Å². The molecule has 0 unspecified atom stereocenters. The van der Waals surface area contributed by atoms with E-state index in [1.165, 1.54) is 40.6 Å². The Bertz CT molecular complexity index is 1240. The predicted octanol–water partition coefficient (Wildman–Crippen LogP) is 4.82. The van der Waals surface area contributed by atoms with Gasteiger partial charge in [-0.15, -0.1) is 21.5 Å². The fourth-order valence-electron chi connectivity index (χ4n) is 3.99. The van der Waals surface area contributed by atoms with Gasteiger partial charge in [-0.1, -0.05) is 36.4 Å². The minimum atomic E-state index is -0.0550. The molecule has 3 heterocycles. The predicted molar refractivity (Wildman–Crippen MR) is 123 cm³/mol. The lowest BCUT2D eigenvalue weighted by molar-refractivity contribution is -0.113. The number of aromatic nitrogens is 4. The number of hydrogen-bond acceptors (Lipinski definition) is 6. The number of amides is 1. The summed E-state index contributed by atoms with van der Waals surface area (Å²) in [5.74, 6) is 1.17. The van der Waals surface area contributed by atoms with Gasteiger partial charge in [0, 0.05) is 17.0 Å². The van der Waals surface area contributed by atoms with Crippen molar-refractivity contribution in [3.8, 4) is 0 Å².